The SMILES string of the molecule is CC/C=C\C/C=C\C/C=C\C/C=C\C/C=C\CCCCCC(=O)O[C@H](COC(=O)CCCCCCC/C=C\C=C\C(=O)CCCCC)COP(=O)(O)OP(=O)(O)OC[C@H]1O[C@@H](n2ccc(N)nc2=O)[C@H](O)[C@@H]1O. The van der Waals surface area contributed by atoms with Gasteiger partial charge in [0.05, 0.1) is 13.2 Å². The van der Waals surface area contributed by atoms with Crippen molar-refractivity contribution in [3.8, 4) is 0 Å². The van der Waals surface area contributed by atoms with Crippen LogP contribution < -0.4 is 11.4 Å². The highest BCUT2D eigenvalue weighted by Gasteiger charge is 2.46. The Morgan fingerprint density at radius 2 is 1.27 bits per heavy atom. The van der Waals surface area contributed by atoms with Gasteiger partial charge >= 0.3 is 33.3 Å². The minimum Gasteiger partial charge on any atom is -0.462 e. The monoisotopic (exact) mass is 1070 g/mol. The molecular weight excluding hydrogens is 985 g/mol. The topological polar surface area (TPSA) is 283 Å². The molecule has 0 bridgehead atoms. The van der Waals surface area contributed by atoms with Crippen molar-refractivity contribution in [2.75, 3.05) is 25.6 Å². The summed E-state index contributed by atoms with van der Waals surface area (Å²) in [5.74, 6) is -1.28. The average Bonchev–Trinajstić information content (AvgIpc) is 3.62. The molecule has 2 heterocycles. The van der Waals surface area contributed by atoms with Crippen LogP contribution in [-0.4, -0.2) is 91.5 Å². The summed E-state index contributed by atoms with van der Waals surface area (Å²) in [5.41, 5.74) is 4.57. The normalized spacial score (nSPS) is 19.6. The van der Waals surface area contributed by atoms with E-state index in [0.717, 1.165) is 107 Å². The lowest BCUT2D eigenvalue weighted by Crippen LogP contribution is -2.36. The van der Waals surface area contributed by atoms with Gasteiger partial charge in [0.2, 0.25) is 0 Å². The Hall–Kier alpha value is -4.39. The number of nitrogens with zero attached hydrogens (tertiary/aromatic N) is 2. The van der Waals surface area contributed by atoms with Gasteiger partial charge in [0, 0.05) is 25.5 Å². The van der Waals surface area contributed by atoms with Crippen molar-refractivity contribution in [2.45, 2.75) is 179 Å². The minimum atomic E-state index is -5.45. The van der Waals surface area contributed by atoms with E-state index in [0.29, 0.717) is 25.7 Å². The molecule has 73 heavy (non-hydrogen) atoms. The summed E-state index contributed by atoms with van der Waals surface area (Å²) in [4.78, 5) is 73.7. The summed E-state index contributed by atoms with van der Waals surface area (Å²) in [5, 5.41) is 20.9. The quantitative estimate of drug-likeness (QED) is 0.0102. The predicted octanol–water partition coefficient (Wildman–Crippen LogP) is 9.84. The van der Waals surface area contributed by atoms with Crippen molar-refractivity contribution in [1.29, 1.82) is 0 Å². The fraction of sp³-hybridized carbons (Fsp3) is 0.596. The summed E-state index contributed by atoms with van der Waals surface area (Å²) in [6.45, 7) is 1.81. The van der Waals surface area contributed by atoms with Gasteiger partial charge in [-0.3, -0.25) is 28.0 Å². The molecular formula is C52H81N3O16P2. The maximum atomic E-state index is 12.9. The van der Waals surface area contributed by atoms with Crippen LogP contribution in [0.25, 0.3) is 0 Å². The van der Waals surface area contributed by atoms with Crippen LogP contribution in [0, 0.1) is 0 Å². The molecule has 1 saturated heterocycles. The number of phosphoric acid groups is 2. The fourth-order valence-corrected chi connectivity index (χ4v) is 9.08. The maximum absolute atomic E-state index is 12.9. The van der Waals surface area contributed by atoms with E-state index in [1.165, 1.54) is 6.07 Å². The number of carbonyl (C=O) groups is 3. The van der Waals surface area contributed by atoms with Gasteiger partial charge in [0.25, 0.3) is 0 Å². The molecule has 19 nitrogen and oxygen atoms in total. The van der Waals surface area contributed by atoms with Crippen molar-refractivity contribution in [3.05, 3.63) is 108 Å². The number of esters is 2. The predicted molar refractivity (Wildman–Crippen MR) is 280 cm³/mol. The highest BCUT2D eigenvalue weighted by atomic mass is 31.3. The summed E-state index contributed by atoms with van der Waals surface area (Å²) in [6.07, 6.45) is 37.8. The molecule has 21 heteroatoms. The van der Waals surface area contributed by atoms with Crippen LogP contribution in [0.4, 0.5) is 5.82 Å². The number of hydrogen-bond acceptors (Lipinski definition) is 16. The standard InChI is InChI=1S/C52H81N3O16P2/c1-3-5-7-8-9-10-11-12-13-14-15-16-17-18-19-22-26-29-33-37-48(58)69-44(40-66-47(57)36-32-28-25-23-20-21-24-27-31-35-43(56)34-30-6-4-2)41-67-72(62,63)71-73(64,65)68-42-45-49(59)50(60)51(70-45)55-39-38-46(53)54-52(55)61/h5,7,9-10,12-13,15-16,18-19,24,27,31,35,38-39,44-45,49-51,59-60H,3-4,6,8,11,14,17,20-23,25-26,28-30,32-34,36-37,40-42H2,1-2H3,(H,62,63)(H,64,65)(H2,53,54,61)/b7-5-,10-9-,13-12-,16-15-,19-18-,27-24-,35-31+/t44-,45-,49-,50-,51-/m1/s1. The van der Waals surface area contributed by atoms with Gasteiger partial charge in [-0.25, -0.2) is 13.9 Å². The number of ketones is 1. The Morgan fingerprint density at radius 3 is 1.92 bits per heavy atom. The maximum Gasteiger partial charge on any atom is 0.481 e. The van der Waals surface area contributed by atoms with Gasteiger partial charge in [-0.2, -0.15) is 9.29 Å². The third-order valence-electron chi connectivity index (χ3n) is 10.9. The molecule has 1 aliphatic heterocycles. The molecule has 1 aliphatic rings. The molecule has 1 aromatic rings. The zero-order valence-electron chi connectivity index (χ0n) is 42.6. The average molecular weight is 1070 g/mol. The van der Waals surface area contributed by atoms with E-state index < -0.39 is 83.7 Å². The molecule has 0 radical (unpaired) electrons. The third kappa shape index (κ3) is 31.8. The van der Waals surface area contributed by atoms with Gasteiger partial charge in [0.15, 0.2) is 18.1 Å². The van der Waals surface area contributed by atoms with Crippen LogP contribution in [-0.2, 0) is 51.1 Å². The number of nitrogens with two attached hydrogens (primary N) is 1. The molecule has 410 valence electrons. The molecule has 2 rings (SSSR count). The molecule has 6 N–H and O–H groups in total. The largest absolute Gasteiger partial charge is 0.481 e. The van der Waals surface area contributed by atoms with E-state index in [1.807, 2.05) is 12.2 Å². The number of rotatable bonds is 41. The van der Waals surface area contributed by atoms with E-state index in [2.05, 4.69) is 83.9 Å². The highest BCUT2D eigenvalue weighted by molar-refractivity contribution is 7.61. The number of carbonyl (C=O) groups excluding carboxylic acids is 3. The second-order valence-corrected chi connectivity index (χ2v) is 20.4. The summed E-state index contributed by atoms with van der Waals surface area (Å²) in [6, 6.07) is 1.24. The van der Waals surface area contributed by atoms with Crippen molar-refractivity contribution < 1.29 is 71.1 Å². The minimum absolute atomic E-state index is 0.0114. The number of aromatic nitrogens is 2. The van der Waals surface area contributed by atoms with Crippen molar-refractivity contribution in [2.24, 2.45) is 0 Å². The number of unbranched alkanes of at least 4 members (excludes halogenated alkanes) is 10. The zero-order valence-corrected chi connectivity index (χ0v) is 44.4. The lowest BCUT2D eigenvalue weighted by Gasteiger charge is -2.21. The van der Waals surface area contributed by atoms with Crippen molar-refractivity contribution in [3.63, 3.8) is 0 Å². The lowest BCUT2D eigenvalue weighted by atomic mass is 10.1. The van der Waals surface area contributed by atoms with E-state index in [1.54, 1.807) is 12.2 Å². The second-order valence-electron chi connectivity index (χ2n) is 17.3. The number of anilines is 1. The van der Waals surface area contributed by atoms with Gasteiger partial charge in [0.1, 0.15) is 30.7 Å². The van der Waals surface area contributed by atoms with Gasteiger partial charge in [-0.05, 0) is 89.2 Å². The number of nitrogen functional groups attached to an aromatic ring is 1. The molecule has 0 aliphatic carbocycles. The lowest BCUT2D eigenvalue weighted by molar-refractivity contribution is -0.161. The molecule has 0 spiro atoms. The van der Waals surface area contributed by atoms with Crippen LogP contribution in [0.2, 0.25) is 0 Å². The zero-order chi connectivity index (χ0) is 53.6. The molecule has 2 unspecified atom stereocenters. The first-order valence-electron chi connectivity index (χ1n) is 25.6. The Labute approximate surface area is 431 Å². The van der Waals surface area contributed by atoms with Crippen LogP contribution in [0.5, 0.6) is 0 Å². The third-order valence-corrected chi connectivity index (χ3v) is 13.5. The molecule has 7 atom stereocenters. The first-order chi connectivity index (χ1) is 35.1. The van der Waals surface area contributed by atoms with Crippen molar-refractivity contribution in [1.82, 2.24) is 9.55 Å². The number of allylic oxidation sites excluding steroid dienone is 14. The number of aliphatic hydroxyl groups excluding tert-OH is 2. The molecule has 0 saturated carbocycles. The smallest absolute Gasteiger partial charge is 0.462 e. The van der Waals surface area contributed by atoms with Crippen molar-refractivity contribution >= 4 is 39.2 Å². The molecule has 0 amide bonds. The van der Waals surface area contributed by atoms with Gasteiger partial charge in [-0.15, -0.1) is 0 Å². The van der Waals surface area contributed by atoms with Crippen LogP contribution in [0.1, 0.15) is 155 Å². The molecule has 0 aromatic carbocycles. The van der Waals surface area contributed by atoms with Gasteiger partial charge in [-0.1, -0.05) is 131 Å². The first-order valence-corrected chi connectivity index (χ1v) is 28.5. The number of phosphoric ester groups is 2. The second kappa shape index (κ2) is 39.1. The van der Waals surface area contributed by atoms with E-state index in [4.69, 9.17) is 29.0 Å². The summed E-state index contributed by atoms with van der Waals surface area (Å²) in [7, 11) is -10.9. The Morgan fingerprint density at radius 1 is 0.712 bits per heavy atom. The van der Waals surface area contributed by atoms with Crippen LogP contribution >= 0.6 is 15.6 Å². The van der Waals surface area contributed by atoms with E-state index >= 15 is 0 Å². The fourth-order valence-electron chi connectivity index (χ4n) is 6.97. The highest BCUT2D eigenvalue weighted by Crippen LogP contribution is 2.60. The van der Waals surface area contributed by atoms with Crippen LogP contribution in [0.3, 0.4) is 0 Å². The summed E-state index contributed by atoms with van der Waals surface area (Å²) < 4.78 is 56.7. The number of ether oxygens (including phenoxy) is 3. The Bertz CT molecular complexity index is 2120. The summed E-state index contributed by atoms with van der Waals surface area (Å²) >= 11 is 0. The molecule has 1 fully saturated rings. The van der Waals surface area contributed by atoms with E-state index in [9.17, 15) is 48.3 Å². The van der Waals surface area contributed by atoms with Crippen LogP contribution in [0.15, 0.2) is 102 Å². The number of aliphatic hydroxyl groups is 2. The molecule has 1 aromatic heterocycles. The Balaban J connectivity index is 1.83. The van der Waals surface area contributed by atoms with E-state index in [-0.39, 0.29) is 24.4 Å². The Kier molecular flexibility index (Phi) is 34.7. The van der Waals surface area contributed by atoms with Gasteiger partial charge < -0.3 is 39.9 Å². The first kappa shape index (κ1) is 64.7. The number of hydrogen-bond donors (Lipinski definition) is 5.